The number of hydrogen-bond acceptors (Lipinski definition) is 3. The van der Waals surface area contributed by atoms with E-state index in [0.29, 0.717) is 5.02 Å². The van der Waals surface area contributed by atoms with E-state index < -0.39 is 24.2 Å². The molecule has 8 heteroatoms. The molecular weight excluding hydrogens is 297 g/mol. The van der Waals surface area contributed by atoms with Gasteiger partial charge >= 0.3 is 6.18 Å². The molecule has 0 aliphatic carbocycles. The number of benzene rings is 1. The first kappa shape index (κ1) is 14.8. The van der Waals surface area contributed by atoms with Crippen molar-refractivity contribution in [1.29, 1.82) is 0 Å². The number of halogens is 4. The van der Waals surface area contributed by atoms with E-state index in [9.17, 15) is 23.1 Å². The summed E-state index contributed by atoms with van der Waals surface area (Å²) in [6, 6.07) is 5.28. The lowest BCUT2D eigenvalue weighted by Crippen LogP contribution is -2.56. The zero-order valence-corrected chi connectivity index (χ0v) is 11.0. The molecule has 0 aromatic heterocycles. The van der Waals surface area contributed by atoms with E-state index in [4.69, 9.17) is 11.6 Å². The van der Waals surface area contributed by atoms with Crippen LogP contribution in [0.5, 0.6) is 0 Å². The van der Waals surface area contributed by atoms with Gasteiger partial charge in [0, 0.05) is 22.7 Å². The summed E-state index contributed by atoms with van der Waals surface area (Å²) in [4.78, 5) is 12.1. The van der Waals surface area contributed by atoms with Crippen LogP contribution in [0.15, 0.2) is 29.4 Å². The van der Waals surface area contributed by atoms with E-state index in [1.807, 2.05) is 0 Å². The van der Waals surface area contributed by atoms with Gasteiger partial charge in [-0.15, -0.1) is 0 Å². The molecule has 0 spiro atoms. The van der Waals surface area contributed by atoms with Crippen molar-refractivity contribution in [3.05, 3.63) is 34.9 Å². The minimum absolute atomic E-state index is 0.0205. The number of aliphatic hydroxyl groups is 1. The van der Waals surface area contributed by atoms with Gasteiger partial charge in [-0.1, -0.05) is 11.6 Å². The highest BCUT2D eigenvalue weighted by Gasteiger charge is 2.62. The van der Waals surface area contributed by atoms with E-state index in [-0.39, 0.29) is 16.3 Å². The van der Waals surface area contributed by atoms with Crippen molar-refractivity contribution in [2.75, 3.05) is 0 Å². The van der Waals surface area contributed by atoms with Crippen LogP contribution in [0.4, 0.5) is 13.2 Å². The van der Waals surface area contributed by atoms with Gasteiger partial charge in [-0.2, -0.15) is 23.3 Å². The van der Waals surface area contributed by atoms with Gasteiger partial charge in [0.2, 0.25) is 0 Å². The Balaban J connectivity index is 2.39. The monoisotopic (exact) mass is 306 g/mol. The number of amides is 1. The maximum Gasteiger partial charge on any atom is 0.438 e. The van der Waals surface area contributed by atoms with E-state index in [1.165, 1.54) is 31.2 Å². The number of hydrazone groups is 1. The molecule has 0 saturated heterocycles. The Morgan fingerprint density at radius 1 is 1.40 bits per heavy atom. The van der Waals surface area contributed by atoms with Crippen LogP contribution >= 0.6 is 11.6 Å². The van der Waals surface area contributed by atoms with Crippen LogP contribution in [-0.4, -0.2) is 33.6 Å². The molecule has 1 aliphatic rings. The third kappa shape index (κ3) is 2.38. The van der Waals surface area contributed by atoms with Gasteiger partial charge in [-0.05, 0) is 31.2 Å². The third-order valence-electron chi connectivity index (χ3n) is 2.86. The lowest BCUT2D eigenvalue weighted by Gasteiger charge is -2.32. The molecule has 0 saturated carbocycles. The van der Waals surface area contributed by atoms with Crippen molar-refractivity contribution in [3.63, 3.8) is 0 Å². The molecule has 1 aromatic rings. The Labute approximate surface area is 117 Å². The van der Waals surface area contributed by atoms with Crippen LogP contribution in [0.2, 0.25) is 5.02 Å². The van der Waals surface area contributed by atoms with Crippen LogP contribution in [0.25, 0.3) is 0 Å². The highest BCUT2D eigenvalue weighted by molar-refractivity contribution is 6.30. The summed E-state index contributed by atoms with van der Waals surface area (Å²) in [5.74, 6) is -1.04. The van der Waals surface area contributed by atoms with E-state index >= 15 is 0 Å². The molecule has 1 aromatic carbocycles. The summed E-state index contributed by atoms with van der Waals surface area (Å²) in [6.45, 7) is 1.31. The SMILES string of the molecule is CC1=NN(C(=O)c2ccc(Cl)cc2)[C@@](O)(C(F)(F)F)C1. The number of alkyl halides is 3. The molecule has 1 aliphatic heterocycles. The molecule has 1 N–H and O–H groups in total. The van der Waals surface area contributed by atoms with Crippen molar-refractivity contribution >= 4 is 23.2 Å². The maximum atomic E-state index is 13.0. The first-order chi connectivity index (χ1) is 9.15. The second-order valence-corrected chi connectivity index (χ2v) is 4.89. The number of carbonyl (C=O) groups excluding carboxylic acids is 1. The largest absolute Gasteiger partial charge is 0.438 e. The zero-order chi connectivity index (χ0) is 15.1. The van der Waals surface area contributed by atoms with Crippen molar-refractivity contribution in [1.82, 2.24) is 5.01 Å². The van der Waals surface area contributed by atoms with Gasteiger partial charge in [0.25, 0.3) is 11.6 Å². The first-order valence-electron chi connectivity index (χ1n) is 5.58. The van der Waals surface area contributed by atoms with Crippen LogP contribution in [-0.2, 0) is 0 Å². The molecule has 4 nitrogen and oxygen atoms in total. The smallest absolute Gasteiger partial charge is 0.362 e. The van der Waals surface area contributed by atoms with Crippen LogP contribution in [0.1, 0.15) is 23.7 Å². The average Bonchev–Trinajstić information content (AvgIpc) is 2.65. The summed E-state index contributed by atoms with van der Waals surface area (Å²) >= 11 is 5.65. The quantitative estimate of drug-likeness (QED) is 0.867. The predicted octanol–water partition coefficient (Wildman–Crippen LogP) is 2.81. The van der Waals surface area contributed by atoms with Gasteiger partial charge < -0.3 is 5.11 Å². The topological polar surface area (TPSA) is 52.9 Å². The van der Waals surface area contributed by atoms with E-state index in [1.54, 1.807) is 0 Å². The van der Waals surface area contributed by atoms with Crippen molar-refractivity contribution < 1.29 is 23.1 Å². The lowest BCUT2D eigenvalue weighted by molar-refractivity contribution is -0.297. The first-order valence-corrected chi connectivity index (χ1v) is 5.96. The Kier molecular flexibility index (Phi) is 3.51. The van der Waals surface area contributed by atoms with E-state index in [2.05, 4.69) is 5.10 Å². The number of hydrogen-bond donors (Lipinski definition) is 1. The Hall–Kier alpha value is -1.60. The number of rotatable bonds is 1. The standard InChI is InChI=1S/C12H10ClF3N2O2/c1-7-6-11(20,12(14,15)16)18(17-7)10(19)8-2-4-9(13)5-3-8/h2-5,20H,6H2,1H3/t11-/m0/s1. The fourth-order valence-corrected chi connectivity index (χ4v) is 1.99. The van der Waals surface area contributed by atoms with Gasteiger partial charge in [-0.25, -0.2) is 0 Å². The molecule has 0 unspecified atom stereocenters. The fourth-order valence-electron chi connectivity index (χ4n) is 1.87. The van der Waals surface area contributed by atoms with Gasteiger partial charge in [0.15, 0.2) is 0 Å². The highest BCUT2D eigenvalue weighted by Crippen LogP contribution is 2.40. The molecule has 1 amide bonds. The van der Waals surface area contributed by atoms with Crippen LogP contribution in [0, 0.1) is 0 Å². The number of nitrogens with zero attached hydrogens (tertiary/aromatic N) is 2. The van der Waals surface area contributed by atoms with Crippen molar-refractivity contribution in [2.24, 2.45) is 5.10 Å². The summed E-state index contributed by atoms with van der Waals surface area (Å²) in [6.07, 6.45) is -5.77. The minimum Gasteiger partial charge on any atom is -0.362 e. The van der Waals surface area contributed by atoms with Gasteiger partial charge in [0.1, 0.15) is 0 Å². The van der Waals surface area contributed by atoms with Crippen LogP contribution < -0.4 is 0 Å². The predicted molar refractivity (Wildman–Crippen MR) is 66.4 cm³/mol. The van der Waals surface area contributed by atoms with Gasteiger partial charge in [-0.3, -0.25) is 4.79 Å². The lowest BCUT2D eigenvalue weighted by atomic mass is 10.1. The van der Waals surface area contributed by atoms with Crippen molar-refractivity contribution in [2.45, 2.75) is 25.2 Å². The Bertz CT molecular complexity index is 571. The fraction of sp³-hybridized carbons (Fsp3) is 0.333. The molecule has 20 heavy (non-hydrogen) atoms. The molecule has 2 rings (SSSR count). The number of carbonyl (C=O) groups is 1. The summed E-state index contributed by atoms with van der Waals surface area (Å²) in [7, 11) is 0. The summed E-state index contributed by atoms with van der Waals surface area (Å²) in [5, 5.41) is 13.7. The average molecular weight is 307 g/mol. The second-order valence-electron chi connectivity index (χ2n) is 4.45. The molecular formula is C12H10ClF3N2O2. The normalized spacial score (nSPS) is 22.9. The Morgan fingerprint density at radius 2 is 1.95 bits per heavy atom. The zero-order valence-electron chi connectivity index (χ0n) is 10.3. The molecule has 0 bridgehead atoms. The van der Waals surface area contributed by atoms with Crippen LogP contribution in [0.3, 0.4) is 0 Å². The van der Waals surface area contributed by atoms with E-state index in [0.717, 1.165) is 0 Å². The summed E-state index contributed by atoms with van der Waals surface area (Å²) < 4.78 is 38.9. The minimum atomic E-state index is -5.00. The molecule has 0 fully saturated rings. The third-order valence-corrected chi connectivity index (χ3v) is 3.11. The van der Waals surface area contributed by atoms with Crippen molar-refractivity contribution in [3.8, 4) is 0 Å². The summed E-state index contributed by atoms with van der Waals surface area (Å²) in [5.41, 5.74) is -3.34. The second kappa shape index (κ2) is 4.75. The Morgan fingerprint density at radius 3 is 2.45 bits per heavy atom. The molecule has 1 heterocycles. The molecule has 108 valence electrons. The molecule has 1 atom stereocenters. The highest BCUT2D eigenvalue weighted by atomic mass is 35.5. The maximum absolute atomic E-state index is 13.0. The van der Waals surface area contributed by atoms with Gasteiger partial charge in [0.05, 0.1) is 0 Å². The molecule has 0 radical (unpaired) electrons.